The first-order valence-electron chi connectivity index (χ1n) is 4.46. The number of hydrogen-bond acceptors (Lipinski definition) is 4. The van der Waals surface area contributed by atoms with Gasteiger partial charge in [-0.05, 0) is 12.8 Å². The minimum atomic E-state index is -1.07. The number of carbonyl (C=O) groups is 2. The van der Waals surface area contributed by atoms with Gasteiger partial charge in [0.15, 0.2) is 0 Å². The molecule has 6 heteroatoms. The molecule has 0 rings (SSSR count). The lowest BCUT2D eigenvalue weighted by Crippen LogP contribution is -2.32. The van der Waals surface area contributed by atoms with Crippen LogP contribution in [0.15, 0.2) is 0 Å². The molecule has 1 amide bonds. The molecule has 0 aliphatic heterocycles. The van der Waals surface area contributed by atoms with Crippen molar-refractivity contribution < 1.29 is 19.9 Å². The molecule has 0 aliphatic carbocycles. The first-order chi connectivity index (χ1) is 6.49. The summed E-state index contributed by atoms with van der Waals surface area (Å²) in [5.74, 6) is -1.45. The van der Waals surface area contributed by atoms with Crippen LogP contribution in [-0.2, 0) is 9.59 Å². The Hall–Kier alpha value is -1.14. The van der Waals surface area contributed by atoms with Crippen LogP contribution in [0.3, 0.4) is 0 Å². The molecule has 0 saturated heterocycles. The fourth-order valence-corrected chi connectivity index (χ4v) is 0.892. The van der Waals surface area contributed by atoms with Crippen LogP contribution in [0.2, 0.25) is 0 Å². The van der Waals surface area contributed by atoms with Gasteiger partial charge in [-0.1, -0.05) is 6.92 Å². The highest BCUT2D eigenvalue weighted by molar-refractivity contribution is 5.74. The standard InChI is InChI=1S/C8H16N2O4/c1-2-7(11)10(14)5-3-4-6(9)8(12)13/h6,14H,2-5,9H2,1H3,(H,12,13)/t6-/m0/s1. The molecule has 6 nitrogen and oxygen atoms in total. The zero-order valence-electron chi connectivity index (χ0n) is 8.14. The number of carboxylic acid groups (broad SMARTS) is 1. The first-order valence-corrected chi connectivity index (χ1v) is 4.46. The summed E-state index contributed by atoms with van der Waals surface area (Å²) in [7, 11) is 0. The predicted octanol–water partition coefficient (Wildman–Crippen LogP) is -0.194. The van der Waals surface area contributed by atoms with E-state index in [0.717, 1.165) is 0 Å². The van der Waals surface area contributed by atoms with E-state index in [1.165, 1.54) is 0 Å². The molecule has 0 aliphatic rings. The summed E-state index contributed by atoms with van der Waals surface area (Å²) in [5.41, 5.74) is 5.23. The van der Waals surface area contributed by atoms with Crippen LogP contribution in [0.4, 0.5) is 0 Å². The van der Waals surface area contributed by atoms with E-state index in [0.29, 0.717) is 11.5 Å². The molecule has 0 unspecified atom stereocenters. The number of carbonyl (C=O) groups excluding carboxylic acids is 1. The number of aliphatic carboxylic acids is 1. The molecule has 0 bridgehead atoms. The lowest BCUT2D eigenvalue weighted by Gasteiger charge is -2.14. The number of nitrogens with two attached hydrogens (primary N) is 1. The Morgan fingerprint density at radius 3 is 2.50 bits per heavy atom. The summed E-state index contributed by atoms with van der Waals surface area (Å²) in [6.45, 7) is 1.75. The third-order valence-electron chi connectivity index (χ3n) is 1.79. The molecule has 0 aromatic heterocycles. The molecule has 0 aromatic rings. The highest BCUT2D eigenvalue weighted by atomic mass is 16.5. The van der Waals surface area contributed by atoms with Crippen molar-refractivity contribution >= 4 is 11.9 Å². The van der Waals surface area contributed by atoms with E-state index in [1.54, 1.807) is 6.92 Å². The molecule has 0 fully saturated rings. The van der Waals surface area contributed by atoms with Gasteiger partial charge in [0.25, 0.3) is 0 Å². The van der Waals surface area contributed by atoms with Crippen LogP contribution in [-0.4, -0.2) is 39.8 Å². The van der Waals surface area contributed by atoms with Crippen molar-refractivity contribution in [3.63, 3.8) is 0 Å². The van der Waals surface area contributed by atoms with Crippen molar-refractivity contribution in [1.29, 1.82) is 0 Å². The quantitative estimate of drug-likeness (QED) is 0.411. The molecule has 0 heterocycles. The molecular weight excluding hydrogens is 188 g/mol. The summed E-state index contributed by atoms with van der Waals surface area (Å²) in [6.07, 6.45) is 0.834. The van der Waals surface area contributed by atoms with Crippen molar-refractivity contribution in [2.45, 2.75) is 32.2 Å². The van der Waals surface area contributed by atoms with Crippen LogP contribution < -0.4 is 5.73 Å². The zero-order valence-corrected chi connectivity index (χ0v) is 8.14. The molecule has 0 aromatic carbocycles. The van der Waals surface area contributed by atoms with Crippen molar-refractivity contribution in [3.05, 3.63) is 0 Å². The zero-order chi connectivity index (χ0) is 11.1. The van der Waals surface area contributed by atoms with Gasteiger partial charge in [0.1, 0.15) is 6.04 Å². The summed E-state index contributed by atoms with van der Waals surface area (Å²) in [4.78, 5) is 21.1. The molecule has 14 heavy (non-hydrogen) atoms. The number of rotatable bonds is 6. The lowest BCUT2D eigenvalue weighted by molar-refractivity contribution is -0.165. The highest BCUT2D eigenvalue weighted by Crippen LogP contribution is 1.98. The van der Waals surface area contributed by atoms with Gasteiger partial charge in [-0.2, -0.15) is 0 Å². The van der Waals surface area contributed by atoms with Gasteiger partial charge in [0.05, 0.1) is 0 Å². The minimum Gasteiger partial charge on any atom is -0.480 e. The lowest BCUT2D eigenvalue weighted by atomic mass is 10.2. The number of nitrogens with zero attached hydrogens (tertiary/aromatic N) is 1. The molecule has 4 N–H and O–H groups in total. The second-order valence-corrected chi connectivity index (χ2v) is 2.96. The van der Waals surface area contributed by atoms with Crippen molar-refractivity contribution in [1.82, 2.24) is 5.06 Å². The van der Waals surface area contributed by atoms with Gasteiger partial charge in [-0.25, -0.2) is 5.06 Å². The van der Waals surface area contributed by atoms with Crippen molar-refractivity contribution in [3.8, 4) is 0 Å². The van der Waals surface area contributed by atoms with Gasteiger partial charge in [0.2, 0.25) is 5.91 Å². The van der Waals surface area contributed by atoms with E-state index in [2.05, 4.69) is 0 Å². The SMILES string of the molecule is CCC(=O)N(O)CCC[C@H](N)C(=O)O. The van der Waals surface area contributed by atoms with Crippen LogP contribution in [0.5, 0.6) is 0 Å². The molecule has 0 spiro atoms. The topological polar surface area (TPSA) is 104 Å². The number of hydroxylamine groups is 2. The maximum absolute atomic E-state index is 10.8. The number of hydrogen-bond donors (Lipinski definition) is 3. The Morgan fingerprint density at radius 1 is 1.50 bits per heavy atom. The number of carboxylic acids is 1. The molecular formula is C8H16N2O4. The van der Waals surface area contributed by atoms with E-state index in [4.69, 9.17) is 16.0 Å². The highest BCUT2D eigenvalue weighted by Gasteiger charge is 2.12. The fourth-order valence-electron chi connectivity index (χ4n) is 0.892. The van der Waals surface area contributed by atoms with E-state index in [1.807, 2.05) is 0 Å². The third kappa shape index (κ3) is 4.78. The summed E-state index contributed by atoms with van der Waals surface area (Å²) in [5, 5.41) is 18.1. The smallest absolute Gasteiger partial charge is 0.320 e. The Balaban J connectivity index is 3.64. The van der Waals surface area contributed by atoms with Crippen molar-refractivity contribution in [2.75, 3.05) is 6.54 Å². The van der Waals surface area contributed by atoms with Gasteiger partial charge in [-0.3, -0.25) is 14.8 Å². The second-order valence-electron chi connectivity index (χ2n) is 2.96. The van der Waals surface area contributed by atoms with Crippen LogP contribution in [0, 0.1) is 0 Å². The monoisotopic (exact) mass is 204 g/mol. The second kappa shape index (κ2) is 6.33. The van der Waals surface area contributed by atoms with E-state index >= 15 is 0 Å². The Kier molecular flexibility index (Phi) is 5.82. The molecule has 82 valence electrons. The normalized spacial score (nSPS) is 12.2. The fraction of sp³-hybridized carbons (Fsp3) is 0.750. The predicted molar refractivity (Wildman–Crippen MR) is 48.6 cm³/mol. The van der Waals surface area contributed by atoms with E-state index in [-0.39, 0.29) is 25.3 Å². The van der Waals surface area contributed by atoms with E-state index in [9.17, 15) is 9.59 Å². The Bertz CT molecular complexity index is 208. The van der Waals surface area contributed by atoms with Gasteiger partial charge in [-0.15, -0.1) is 0 Å². The largest absolute Gasteiger partial charge is 0.480 e. The average molecular weight is 204 g/mol. The maximum Gasteiger partial charge on any atom is 0.320 e. The minimum absolute atomic E-state index is 0.119. The van der Waals surface area contributed by atoms with Gasteiger partial charge >= 0.3 is 5.97 Å². The maximum atomic E-state index is 10.8. The van der Waals surface area contributed by atoms with Crippen LogP contribution in [0.1, 0.15) is 26.2 Å². The summed E-state index contributed by atoms with van der Waals surface area (Å²) >= 11 is 0. The van der Waals surface area contributed by atoms with Crippen molar-refractivity contribution in [2.24, 2.45) is 5.73 Å². The summed E-state index contributed by atoms with van der Waals surface area (Å²) in [6, 6.07) is -0.930. The van der Waals surface area contributed by atoms with Gasteiger partial charge in [0, 0.05) is 13.0 Å². The summed E-state index contributed by atoms with van der Waals surface area (Å²) < 4.78 is 0. The molecule has 0 radical (unpaired) electrons. The van der Waals surface area contributed by atoms with Crippen LogP contribution in [0.25, 0.3) is 0 Å². The van der Waals surface area contributed by atoms with Gasteiger partial charge < -0.3 is 10.8 Å². The Labute approximate surface area is 82.3 Å². The molecule has 1 atom stereocenters. The van der Waals surface area contributed by atoms with Crippen LogP contribution >= 0.6 is 0 Å². The Morgan fingerprint density at radius 2 is 2.07 bits per heavy atom. The molecule has 0 saturated carbocycles. The third-order valence-corrected chi connectivity index (χ3v) is 1.79. The average Bonchev–Trinajstić information content (AvgIpc) is 2.15. The number of amides is 1. The van der Waals surface area contributed by atoms with E-state index < -0.39 is 12.0 Å². The first kappa shape index (κ1) is 12.9.